The first kappa shape index (κ1) is 20.9. The molecule has 10 nitrogen and oxygen atoms in total. The van der Waals surface area contributed by atoms with Crippen molar-refractivity contribution in [3.63, 3.8) is 0 Å². The zero-order valence-corrected chi connectivity index (χ0v) is 17.4. The smallest absolute Gasteiger partial charge is 0.325 e. The number of primary sulfonamides is 1. The molecule has 11 heteroatoms. The fourth-order valence-electron chi connectivity index (χ4n) is 3.40. The van der Waals surface area contributed by atoms with Crippen molar-refractivity contribution < 1.29 is 27.5 Å². The highest BCUT2D eigenvalue weighted by molar-refractivity contribution is 7.89. The van der Waals surface area contributed by atoms with Crippen LogP contribution in [0.1, 0.15) is 5.56 Å². The van der Waals surface area contributed by atoms with Crippen LogP contribution in [0, 0.1) is 0 Å². The van der Waals surface area contributed by atoms with Gasteiger partial charge in [0.1, 0.15) is 19.8 Å². The molecule has 0 bridgehead atoms. The van der Waals surface area contributed by atoms with E-state index in [1.165, 1.54) is 17.0 Å². The van der Waals surface area contributed by atoms with E-state index in [0.29, 0.717) is 49.1 Å². The number of nitrogens with one attached hydrogen (secondary N) is 1. The van der Waals surface area contributed by atoms with Gasteiger partial charge in [-0.25, -0.2) is 18.4 Å². The average Bonchev–Trinajstić information content (AvgIpc) is 3.11. The van der Waals surface area contributed by atoms with E-state index in [9.17, 15) is 18.0 Å². The van der Waals surface area contributed by atoms with Crippen molar-refractivity contribution in [3.8, 4) is 11.5 Å². The molecule has 2 aliphatic rings. The Morgan fingerprint density at radius 3 is 2.45 bits per heavy atom. The van der Waals surface area contributed by atoms with Gasteiger partial charge in [0.25, 0.3) is 0 Å². The van der Waals surface area contributed by atoms with Gasteiger partial charge in [-0.2, -0.15) is 0 Å². The van der Waals surface area contributed by atoms with Crippen LogP contribution in [0.15, 0.2) is 47.4 Å². The van der Waals surface area contributed by atoms with Gasteiger partial charge in [-0.15, -0.1) is 0 Å². The summed E-state index contributed by atoms with van der Waals surface area (Å²) in [6, 6.07) is 11.0. The number of nitrogens with zero attached hydrogens (tertiary/aromatic N) is 2. The van der Waals surface area contributed by atoms with Gasteiger partial charge in [-0.3, -0.25) is 9.69 Å². The molecule has 0 aromatic heterocycles. The molecule has 1 fully saturated rings. The first-order valence-corrected chi connectivity index (χ1v) is 11.2. The van der Waals surface area contributed by atoms with E-state index in [-0.39, 0.29) is 29.9 Å². The van der Waals surface area contributed by atoms with Gasteiger partial charge in [0.2, 0.25) is 15.9 Å². The molecule has 0 radical (unpaired) electrons. The Kier molecular flexibility index (Phi) is 5.70. The summed E-state index contributed by atoms with van der Waals surface area (Å²) in [5, 5.41) is 7.80. The Morgan fingerprint density at radius 2 is 1.74 bits per heavy atom. The highest BCUT2D eigenvalue weighted by Crippen LogP contribution is 2.34. The highest BCUT2D eigenvalue weighted by Gasteiger charge is 2.31. The molecule has 2 aliphatic heterocycles. The van der Waals surface area contributed by atoms with E-state index in [4.69, 9.17) is 14.6 Å². The van der Waals surface area contributed by atoms with Crippen LogP contribution < -0.4 is 24.8 Å². The maximum atomic E-state index is 12.7. The van der Waals surface area contributed by atoms with Crippen molar-refractivity contribution in [2.75, 3.05) is 37.7 Å². The van der Waals surface area contributed by atoms with Crippen molar-refractivity contribution >= 4 is 27.6 Å². The summed E-state index contributed by atoms with van der Waals surface area (Å²) in [6.45, 7) is 1.97. The first-order valence-electron chi connectivity index (χ1n) is 9.66. The molecule has 0 aliphatic carbocycles. The predicted octanol–water partition coefficient (Wildman–Crippen LogP) is 0.664. The second-order valence-corrected chi connectivity index (χ2v) is 8.71. The predicted molar refractivity (Wildman–Crippen MR) is 111 cm³/mol. The number of amides is 3. The molecule has 3 N–H and O–H groups in total. The van der Waals surface area contributed by atoms with Crippen molar-refractivity contribution in [3.05, 3.63) is 48.0 Å². The largest absolute Gasteiger partial charge is 0.486 e. The maximum Gasteiger partial charge on any atom is 0.325 e. The maximum absolute atomic E-state index is 12.7. The second kappa shape index (κ2) is 8.44. The molecule has 164 valence electrons. The summed E-state index contributed by atoms with van der Waals surface area (Å²) >= 11 is 0. The van der Waals surface area contributed by atoms with Crippen LogP contribution in [-0.2, 0) is 21.4 Å². The number of benzene rings is 2. The second-order valence-electron chi connectivity index (χ2n) is 7.15. The van der Waals surface area contributed by atoms with E-state index >= 15 is 0 Å². The minimum absolute atomic E-state index is 0.00414. The number of carbonyl (C=O) groups is 2. The zero-order chi connectivity index (χ0) is 22.0. The summed E-state index contributed by atoms with van der Waals surface area (Å²) < 4.78 is 33.6. The molecular weight excluding hydrogens is 424 g/mol. The minimum atomic E-state index is -3.76. The summed E-state index contributed by atoms with van der Waals surface area (Å²) in [7, 11) is -3.76. The summed E-state index contributed by atoms with van der Waals surface area (Å²) in [4.78, 5) is 28.1. The lowest BCUT2D eigenvalue weighted by molar-refractivity contribution is -0.121. The monoisotopic (exact) mass is 446 g/mol. The number of fused-ring (bicyclic) bond motifs is 1. The van der Waals surface area contributed by atoms with Crippen molar-refractivity contribution in [1.29, 1.82) is 0 Å². The third-order valence-corrected chi connectivity index (χ3v) is 5.94. The van der Waals surface area contributed by atoms with Crippen LogP contribution in [0.25, 0.3) is 0 Å². The lowest BCUT2D eigenvalue weighted by atomic mass is 10.2. The Bertz CT molecular complexity index is 1100. The van der Waals surface area contributed by atoms with Gasteiger partial charge in [0, 0.05) is 31.4 Å². The number of rotatable bonds is 6. The third kappa shape index (κ3) is 4.72. The lowest BCUT2D eigenvalue weighted by Gasteiger charge is -2.22. The average molecular weight is 446 g/mol. The van der Waals surface area contributed by atoms with Gasteiger partial charge in [0.05, 0.1) is 4.90 Å². The first-order chi connectivity index (χ1) is 14.8. The molecule has 0 saturated carbocycles. The number of urea groups is 1. The molecule has 2 heterocycles. The van der Waals surface area contributed by atoms with E-state index in [1.54, 1.807) is 35.2 Å². The Balaban J connectivity index is 1.32. The number of nitrogens with two attached hydrogens (primary N) is 1. The molecule has 0 atom stereocenters. The number of sulfonamides is 1. The van der Waals surface area contributed by atoms with Crippen molar-refractivity contribution in [1.82, 2.24) is 10.2 Å². The van der Waals surface area contributed by atoms with E-state index in [0.717, 1.165) is 0 Å². The lowest BCUT2D eigenvalue weighted by Crippen LogP contribution is -2.39. The van der Waals surface area contributed by atoms with E-state index < -0.39 is 10.0 Å². The number of anilines is 1. The summed E-state index contributed by atoms with van der Waals surface area (Å²) in [5.41, 5.74) is 1.40. The fourth-order valence-corrected chi connectivity index (χ4v) is 3.91. The van der Waals surface area contributed by atoms with E-state index in [1.807, 2.05) is 0 Å². The van der Waals surface area contributed by atoms with Crippen molar-refractivity contribution in [2.45, 2.75) is 11.4 Å². The van der Waals surface area contributed by atoms with Crippen LogP contribution in [0.4, 0.5) is 10.5 Å². The summed E-state index contributed by atoms with van der Waals surface area (Å²) in [6.07, 6.45) is 0. The van der Waals surface area contributed by atoms with E-state index in [2.05, 4.69) is 5.32 Å². The molecule has 2 aromatic rings. The van der Waals surface area contributed by atoms with Crippen LogP contribution in [0.2, 0.25) is 0 Å². The Labute approximate surface area is 179 Å². The topological polar surface area (TPSA) is 131 Å². The number of hydrogen-bond acceptors (Lipinski definition) is 6. The number of hydrogen-bond donors (Lipinski definition) is 2. The van der Waals surface area contributed by atoms with Crippen LogP contribution in [-0.4, -0.2) is 58.1 Å². The summed E-state index contributed by atoms with van der Waals surface area (Å²) in [5.74, 6) is 0.934. The fraction of sp³-hybridized carbons (Fsp3) is 0.300. The highest BCUT2D eigenvalue weighted by atomic mass is 32.2. The Morgan fingerprint density at radius 1 is 1.03 bits per heavy atom. The molecule has 1 saturated heterocycles. The molecular formula is C20H22N4O6S. The van der Waals surface area contributed by atoms with Crippen LogP contribution >= 0.6 is 0 Å². The van der Waals surface area contributed by atoms with Gasteiger partial charge >= 0.3 is 6.03 Å². The standard InChI is InChI=1S/C20H22N4O6S/c21-31(27,28)16-4-1-14(2-5-16)12-22-19(25)13-23-7-8-24(20(23)26)15-3-6-17-18(11-15)30-10-9-29-17/h1-6,11H,7-10,12-13H2,(H,22,25)(H2,21,27,28). The SMILES string of the molecule is NS(=O)(=O)c1ccc(CNC(=O)CN2CCN(c3ccc4c(c3)OCCO4)C2=O)cc1. The minimum Gasteiger partial charge on any atom is -0.486 e. The van der Waals surface area contributed by atoms with Gasteiger partial charge < -0.3 is 19.7 Å². The molecule has 3 amide bonds. The van der Waals surface area contributed by atoms with Crippen LogP contribution in [0.5, 0.6) is 11.5 Å². The molecule has 0 spiro atoms. The molecule has 4 rings (SSSR count). The molecule has 31 heavy (non-hydrogen) atoms. The quantitative estimate of drug-likeness (QED) is 0.670. The van der Waals surface area contributed by atoms with Crippen LogP contribution in [0.3, 0.4) is 0 Å². The normalized spacial score (nSPS) is 15.8. The zero-order valence-electron chi connectivity index (χ0n) is 16.6. The molecule has 0 unspecified atom stereocenters. The number of carbonyl (C=O) groups excluding carboxylic acids is 2. The van der Waals surface area contributed by atoms with Gasteiger partial charge in [-0.05, 0) is 29.8 Å². The Hall–Kier alpha value is -3.31. The van der Waals surface area contributed by atoms with Gasteiger partial charge in [-0.1, -0.05) is 12.1 Å². The van der Waals surface area contributed by atoms with Crippen molar-refractivity contribution in [2.24, 2.45) is 5.14 Å². The molecule has 2 aromatic carbocycles. The third-order valence-electron chi connectivity index (χ3n) is 5.01. The number of ether oxygens (including phenoxy) is 2. The van der Waals surface area contributed by atoms with Gasteiger partial charge in [0.15, 0.2) is 11.5 Å².